The minimum atomic E-state index is -1.23. The molecular formula is C18H34N2NaO5. The summed E-state index contributed by atoms with van der Waals surface area (Å²) in [6.07, 6.45) is 2.84. The van der Waals surface area contributed by atoms with Crippen molar-refractivity contribution in [3.8, 4) is 0 Å². The summed E-state index contributed by atoms with van der Waals surface area (Å²) in [5.41, 5.74) is 0.573. The van der Waals surface area contributed by atoms with E-state index in [1.807, 2.05) is 6.92 Å². The van der Waals surface area contributed by atoms with Crippen molar-refractivity contribution < 1.29 is 29.1 Å². The summed E-state index contributed by atoms with van der Waals surface area (Å²) in [4.78, 5) is 31.3. The molecule has 1 radical (unpaired) electrons. The van der Waals surface area contributed by atoms with Crippen molar-refractivity contribution in [3.63, 3.8) is 0 Å². The second-order valence-electron chi connectivity index (χ2n) is 5.02. The van der Waals surface area contributed by atoms with E-state index >= 15 is 0 Å². The van der Waals surface area contributed by atoms with Gasteiger partial charge in [0.2, 0.25) is 5.91 Å². The molecule has 0 heterocycles. The zero-order valence-corrected chi connectivity index (χ0v) is 19.4. The molecule has 0 saturated heterocycles. The Hall–Kier alpha value is -1.41. The Morgan fingerprint density at radius 3 is 1.65 bits per heavy atom. The van der Waals surface area contributed by atoms with E-state index in [9.17, 15) is 9.59 Å². The SMILES string of the molecule is C=C(C)C(=O)NCCC.C=CC(=O)OCC.C=CC(=O)[O-].C[NH+](C)C.[Na]. The van der Waals surface area contributed by atoms with Gasteiger partial charge in [-0.25, -0.2) is 4.79 Å². The van der Waals surface area contributed by atoms with Crippen molar-refractivity contribution in [3.05, 3.63) is 37.5 Å². The van der Waals surface area contributed by atoms with Crippen molar-refractivity contribution in [2.75, 3.05) is 34.3 Å². The van der Waals surface area contributed by atoms with Gasteiger partial charge in [-0.15, -0.1) is 0 Å². The predicted octanol–water partition coefficient (Wildman–Crippen LogP) is -0.874. The summed E-state index contributed by atoms with van der Waals surface area (Å²) in [5, 5.41) is 11.8. The van der Waals surface area contributed by atoms with Crippen molar-refractivity contribution >= 4 is 47.4 Å². The van der Waals surface area contributed by atoms with Crippen LogP contribution in [0.25, 0.3) is 0 Å². The van der Waals surface area contributed by atoms with Crippen LogP contribution in [0.1, 0.15) is 27.2 Å². The molecule has 0 fully saturated rings. The van der Waals surface area contributed by atoms with E-state index in [0.29, 0.717) is 12.2 Å². The van der Waals surface area contributed by atoms with Gasteiger partial charge in [0.1, 0.15) is 0 Å². The quantitative estimate of drug-likeness (QED) is 0.354. The minimum Gasteiger partial charge on any atom is -0.545 e. The first kappa shape index (κ1) is 35.7. The number of carbonyl (C=O) groups excluding carboxylic acids is 3. The fourth-order valence-electron chi connectivity index (χ4n) is 0.591. The predicted molar refractivity (Wildman–Crippen MR) is 105 cm³/mol. The molecule has 0 aromatic carbocycles. The van der Waals surface area contributed by atoms with E-state index in [1.165, 1.54) is 4.90 Å². The van der Waals surface area contributed by atoms with Crippen LogP contribution in [0.5, 0.6) is 0 Å². The fraction of sp³-hybridized carbons (Fsp3) is 0.500. The monoisotopic (exact) mass is 381 g/mol. The van der Waals surface area contributed by atoms with Crippen molar-refractivity contribution in [1.82, 2.24) is 5.32 Å². The van der Waals surface area contributed by atoms with Crippen LogP contribution >= 0.6 is 0 Å². The molecule has 0 aromatic rings. The molecule has 2 N–H and O–H groups in total. The summed E-state index contributed by atoms with van der Waals surface area (Å²) >= 11 is 0. The number of quaternary nitrogens is 1. The van der Waals surface area contributed by atoms with E-state index < -0.39 is 5.97 Å². The second kappa shape index (κ2) is 28.4. The summed E-state index contributed by atoms with van der Waals surface area (Å²) in [5.74, 6) is -1.63. The maximum absolute atomic E-state index is 10.7. The third kappa shape index (κ3) is 57.0. The molecule has 0 unspecified atom stereocenters. The molecule has 0 aliphatic rings. The molecule has 0 bridgehead atoms. The molecular weight excluding hydrogens is 347 g/mol. The van der Waals surface area contributed by atoms with E-state index in [2.05, 4.69) is 50.9 Å². The number of amides is 1. The maximum atomic E-state index is 10.7. The molecule has 0 aliphatic carbocycles. The Bertz CT molecular complexity index is 408. The Labute approximate surface area is 180 Å². The van der Waals surface area contributed by atoms with Crippen LogP contribution in [-0.2, 0) is 19.1 Å². The maximum Gasteiger partial charge on any atom is 0.330 e. The molecule has 0 spiro atoms. The average Bonchev–Trinajstić information content (AvgIpc) is 2.53. The molecule has 147 valence electrons. The Morgan fingerprint density at radius 1 is 1.12 bits per heavy atom. The van der Waals surface area contributed by atoms with Crippen molar-refractivity contribution in [2.45, 2.75) is 27.2 Å². The molecule has 7 nitrogen and oxygen atoms in total. The first-order valence-corrected chi connectivity index (χ1v) is 7.82. The molecule has 0 rings (SSSR count). The number of carboxylic acids is 1. The summed E-state index contributed by atoms with van der Waals surface area (Å²) in [6.45, 7) is 16.2. The smallest absolute Gasteiger partial charge is 0.330 e. The second-order valence-corrected chi connectivity index (χ2v) is 5.02. The van der Waals surface area contributed by atoms with Crippen LogP contribution in [0.15, 0.2) is 37.5 Å². The van der Waals surface area contributed by atoms with Gasteiger partial charge in [0, 0.05) is 47.8 Å². The van der Waals surface area contributed by atoms with Gasteiger partial charge < -0.3 is 24.9 Å². The van der Waals surface area contributed by atoms with Gasteiger partial charge >= 0.3 is 5.97 Å². The van der Waals surface area contributed by atoms with Crippen LogP contribution in [0, 0.1) is 0 Å². The molecule has 0 aliphatic heterocycles. The first-order chi connectivity index (χ1) is 11.5. The van der Waals surface area contributed by atoms with Gasteiger partial charge in [-0.05, 0) is 26.3 Å². The fourth-order valence-corrected chi connectivity index (χ4v) is 0.591. The van der Waals surface area contributed by atoms with Gasteiger partial charge in [0.25, 0.3) is 0 Å². The topological polar surface area (TPSA) is 100.0 Å². The zero-order valence-electron chi connectivity index (χ0n) is 17.4. The van der Waals surface area contributed by atoms with Gasteiger partial charge in [-0.1, -0.05) is 26.7 Å². The molecule has 1 amide bonds. The number of esters is 1. The van der Waals surface area contributed by atoms with Crippen LogP contribution in [-0.4, -0.2) is 81.7 Å². The van der Waals surface area contributed by atoms with Gasteiger partial charge in [0.15, 0.2) is 0 Å². The Morgan fingerprint density at radius 2 is 1.50 bits per heavy atom. The number of hydrogen-bond acceptors (Lipinski definition) is 5. The number of rotatable bonds is 6. The van der Waals surface area contributed by atoms with E-state index in [-0.39, 0.29) is 41.4 Å². The normalized spacial score (nSPS) is 7.65. The number of ether oxygens (including phenoxy) is 1. The van der Waals surface area contributed by atoms with Gasteiger partial charge in [0.05, 0.1) is 33.7 Å². The Kier molecular flexibility index (Phi) is 38.9. The van der Waals surface area contributed by atoms with Crippen molar-refractivity contribution in [2.24, 2.45) is 0 Å². The van der Waals surface area contributed by atoms with E-state index in [1.54, 1.807) is 13.8 Å². The third-order valence-electron chi connectivity index (χ3n) is 1.54. The first-order valence-electron chi connectivity index (χ1n) is 7.82. The number of nitrogens with one attached hydrogen (secondary N) is 2. The van der Waals surface area contributed by atoms with Crippen molar-refractivity contribution in [1.29, 1.82) is 0 Å². The number of hydrogen-bond donors (Lipinski definition) is 2. The summed E-state index contributed by atoms with van der Waals surface area (Å²) in [6, 6.07) is 0. The van der Waals surface area contributed by atoms with Gasteiger partial charge in [-0.3, -0.25) is 4.79 Å². The summed E-state index contributed by atoms with van der Waals surface area (Å²) < 4.78 is 4.43. The average molecular weight is 381 g/mol. The third-order valence-corrected chi connectivity index (χ3v) is 1.54. The molecule has 8 heteroatoms. The van der Waals surface area contributed by atoms with Crippen LogP contribution in [0.3, 0.4) is 0 Å². The standard InChI is InChI=1S/C7H13NO.C5H8O2.C3H9N.C3H4O2.Na/c1-4-5-8-7(9)6(2)3;1-3-5(6)7-4-2;1-4(2)3;1-2-3(4)5;/h2,4-5H2,1,3H3,(H,8,9);3H,1,4H2,2H3;1-3H3;2H,1H2,(H,4,5);. The summed E-state index contributed by atoms with van der Waals surface area (Å²) in [7, 11) is 6.25. The largest absolute Gasteiger partial charge is 0.545 e. The zero-order chi connectivity index (χ0) is 20.8. The number of carboxylic acid groups (broad SMARTS) is 1. The van der Waals surface area contributed by atoms with E-state index in [0.717, 1.165) is 25.1 Å². The minimum absolute atomic E-state index is 0. The van der Waals surface area contributed by atoms with Crippen LogP contribution in [0.4, 0.5) is 0 Å². The van der Waals surface area contributed by atoms with Crippen LogP contribution < -0.4 is 15.3 Å². The van der Waals surface area contributed by atoms with Crippen LogP contribution in [0.2, 0.25) is 0 Å². The molecule has 0 aromatic heterocycles. The van der Waals surface area contributed by atoms with Gasteiger partial charge in [-0.2, -0.15) is 0 Å². The number of aliphatic carboxylic acids is 1. The number of carbonyl (C=O) groups is 3. The van der Waals surface area contributed by atoms with E-state index in [4.69, 9.17) is 9.90 Å². The Balaban J connectivity index is -0.0000000779. The molecule has 0 saturated carbocycles. The molecule has 26 heavy (non-hydrogen) atoms. The molecule has 0 atom stereocenters.